The van der Waals surface area contributed by atoms with Crippen LogP contribution < -0.4 is 5.32 Å². The van der Waals surface area contributed by atoms with Crippen LogP contribution in [0.5, 0.6) is 0 Å². The van der Waals surface area contributed by atoms with Gasteiger partial charge in [0.05, 0.1) is 11.3 Å². The molecule has 0 amide bonds. The standard InChI is InChI=1S/C16H20FN3/c1-20-14-3-4-15(20)7-11(6-14)10-19-16-5-2-13(17)8-12(16)9-18/h2,5,8,11,14-15,19H,3-4,6-7,10H2,1H3. The van der Waals surface area contributed by atoms with Gasteiger partial charge in [0.15, 0.2) is 0 Å². The fourth-order valence-corrected chi connectivity index (χ4v) is 3.71. The molecule has 0 radical (unpaired) electrons. The minimum atomic E-state index is -0.357. The number of halogens is 1. The summed E-state index contributed by atoms with van der Waals surface area (Å²) < 4.78 is 13.1. The first-order chi connectivity index (χ1) is 9.67. The Kier molecular flexibility index (Phi) is 3.62. The second kappa shape index (κ2) is 5.41. The molecule has 20 heavy (non-hydrogen) atoms. The molecule has 3 rings (SSSR count). The van der Waals surface area contributed by atoms with Crippen LogP contribution in [-0.2, 0) is 0 Å². The molecule has 1 aromatic carbocycles. The highest BCUT2D eigenvalue weighted by atomic mass is 19.1. The van der Waals surface area contributed by atoms with E-state index in [1.807, 2.05) is 0 Å². The largest absolute Gasteiger partial charge is 0.384 e. The number of anilines is 1. The molecule has 2 fully saturated rings. The van der Waals surface area contributed by atoms with Crippen molar-refractivity contribution in [1.29, 1.82) is 5.26 Å². The average Bonchev–Trinajstić information content (AvgIpc) is 2.67. The second-order valence-corrected chi connectivity index (χ2v) is 6.07. The molecule has 3 nitrogen and oxygen atoms in total. The Balaban J connectivity index is 1.62. The van der Waals surface area contributed by atoms with E-state index in [2.05, 4.69) is 23.3 Å². The van der Waals surface area contributed by atoms with E-state index in [9.17, 15) is 4.39 Å². The van der Waals surface area contributed by atoms with Crippen LogP contribution in [0.1, 0.15) is 31.2 Å². The lowest BCUT2D eigenvalue weighted by molar-refractivity contribution is 0.139. The number of piperidine rings is 1. The first-order valence-electron chi connectivity index (χ1n) is 7.33. The van der Waals surface area contributed by atoms with Gasteiger partial charge >= 0.3 is 0 Å². The number of fused-ring (bicyclic) bond motifs is 2. The molecule has 4 heteroatoms. The number of hydrogen-bond acceptors (Lipinski definition) is 3. The van der Waals surface area contributed by atoms with Gasteiger partial charge in [-0.1, -0.05) is 0 Å². The summed E-state index contributed by atoms with van der Waals surface area (Å²) in [6, 6.07) is 7.86. The summed E-state index contributed by atoms with van der Waals surface area (Å²) in [6.45, 7) is 0.876. The number of benzene rings is 1. The predicted octanol–water partition coefficient (Wildman–Crippen LogP) is 2.98. The van der Waals surface area contributed by atoms with E-state index in [0.29, 0.717) is 11.5 Å². The minimum Gasteiger partial charge on any atom is -0.384 e. The summed E-state index contributed by atoms with van der Waals surface area (Å²) in [5, 5.41) is 12.4. The van der Waals surface area contributed by atoms with Crippen LogP contribution in [-0.4, -0.2) is 30.6 Å². The topological polar surface area (TPSA) is 39.1 Å². The van der Waals surface area contributed by atoms with Crippen LogP contribution in [0.4, 0.5) is 10.1 Å². The number of rotatable bonds is 3. The Morgan fingerprint density at radius 2 is 2.05 bits per heavy atom. The molecule has 2 saturated heterocycles. The second-order valence-electron chi connectivity index (χ2n) is 6.07. The molecule has 2 aliphatic heterocycles. The van der Waals surface area contributed by atoms with Gasteiger partial charge in [0.2, 0.25) is 0 Å². The monoisotopic (exact) mass is 273 g/mol. The minimum absolute atomic E-state index is 0.357. The third-order valence-corrected chi connectivity index (χ3v) is 4.88. The van der Waals surface area contributed by atoms with Crippen molar-refractivity contribution >= 4 is 5.69 Å². The molecule has 1 N–H and O–H groups in total. The molecule has 0 saturated carbocycles. The highest BCUT2D eigenvalue weighted by Crippen LogP contribution is 2.37. The Morgan fingerprint density at radius 3 is 2.70 bits per heavy atom. The van der Waals surface area contributed by atoms with Crippen molar-refractivity contribution in [2.45, 2.75) is 37.8 Å². The van der Waals surface area contributed by atoms with Crippen LogP contribution in [0.25, 0.3) is 0 Å². The Morgan fingerprint density at radius 1 is 1.35 bits per heavy atom. The van der Waals surface area contributed by atoms with Gasteiger partial charge in [-0.3, -0.25) is 0 Å². The van der Waals surface area contributed by atoms with E-state index in [-0.39, 0.29) is 5.82 Å². The predicted molar refractivity (Wildman–Crippen MR) is 76.9 cm³/mol. The molecular formula is C16H20FN3. The number of hydrogen-bond donors (Lipinski definition) is 1. The summed E-state index contributed by atoms with van der Waals surface area (Å²) in [5.74, 6) is 0.296. The number of nitrogens with one attached hydrogen (secondary N) is 1. The summed E-state index contributed by atoms with van der Waals surface area (Å²) in [5.41, 5.74) is 1.14. The Hall–Kier alpha value is -1.60. The van der Waals surface area contributed by atoms with E-state index < -0.39 is 0 Å². The SMILES string of the molecule is CN1C2CCC1CC(CNc1ccc(F)cc1C#N)C2. The van der Waals surface area contributed by atoms with E-state index in [0.717, 1.165) is 24.3 Å². The molecule has 2 bridgehead atoms. The van der Waals surface area contributed by atoms with E-state index in [1.54, 1.807) is 6.07 Å². The van der Waals surface area contributed by atoms with Gasteiger partial charge in [0, 0.05) is 18.6 Å². The van der Waals surface area contributed by atoms with Crippen molar-refractivity contribution in [2.75, 3.05) is 18.9 Å². The zero-order chi connectivity index (χ0) is 14.1. The van der Waals surface area contributed by atoms with Crippen molar-refractivity contribution < 1.29 is 4.39 Å². The van der Waals surface area contributed by atoms with Gasteiger partial charge in [-0.2, -0.15) is 5.26 Å². The molecule has 1 aromatic rings. The molecule has 106 valence electrons. The smallest absolute Gasteiger partial charge is 0.124 e. The van der Waals surface area contributed by atoms with Crippen LogP contribution in [0.15, 0.2) is 18.2 Å². The maximum Gasteiger partial charge on any atom is 0.124 e. The quantitative estimate of drug-likeness (QED) is 0.920. The fourth-order valence-electron chi connectivity index (χ4n) is 3.71. The van der Waals surface area contributed by atoms with Crippen LogP contribution in [0.3, 0.4) is 0 Å². The zero-order valence-corrected chi connectivity index (χ0v) is 11.8. The molecule has 2 atom stereocenters. The highest BCUT2D eigenvalue weighted by molar-refractivity contribution is 5.57. The summed E-state index contributed by atoms with van der Waals surface area (Å²) in [7, 11) is 2.24. The van der Waals surface area contributed by atoms with Gasteiger partial charge < -0.3 is 10.2 Å². The highest BCUT2D eigenvalue weighted by Gasteiger charge is 2.38. The van der Waals surface area contributed by atoms with Crippen LogP contribution >= 0.6 is 0 Å². The van der Waals surface area contributed by atoms with Gasteiger partial charge in [0.1, 0.15) is 11.9 Å². The molecule has 0 spiro atoms. The van der Waals surface area contributed by atoms with E-state index in [1.165, 1.54) is 37.8 Å². The van der Waals surface area contributed by atoms with Gasteiger partial charge in [0.25, 0.3) is 0 Å². The van der Waals surface area contributed by atoms with Crippen molar-refractivity contribution in [2.24, 2.45) is 5.92 Å². The Bertz CT molecular complexity index is 523. The average molecular weight is 273 g/mol. The van der Waals surface area contributed by atoms with Gasteiger partial charge in [-0.15, -0.1) is 0 Å². The lowest BCUT2D eigenvalue weighted by atomic mass is 9.91. The maximum atomic E-state index is 13.1. The fraction of sp³-hybridized carbons (Fsp3) is 0.562. The molecule has 0 aliphatic carbocycles. The van der Waals surface area contributed by atoms with Crippen molar-refractivity contribution in [3.05, 3.63) is 29.6 Å². The van der Waals surface area contributed by atoms with Crippen molar-refractivity contribution in [1.82, 2.24) is 4.90 Å². The molecule has 2 unspecified atom stereocenters. The van der Waals surface area contributed by atoms with E-state index in [4.69, 9.17) is 5.26 Å². The van der Waals surface area contributed by atoms with Gasteiger partial charge in [-0.25, -0.2) is 4.39 Å². The third kappa shape index (κ3) is 2.51. The first kappa shape index (κ1) is 13.4. The molecule has 0 aromatic heterocycles. The third-order valence-electron chi connectivity index (χ3n) is 4.88. The summed E-state index contributed by atoms with van der Waals surface area (Å²) >= 11 is 0. The number of nitriles is 1. The number of nitrogens with zero attached hydrogens (tertiary/aromatic N) is 2. The van der Waals surface area contributed by atoms with E-state index >= 15 is 0 Å². The summed E-state index contributed by atoms with van der Waals surface area (Å²) in [4.78, 5) is 2.52. The van der Waals surface area contributed by atoms with Crippen LogP contribution in [0.2, 0.25) is 0 Å². The normalized spacial score (nSPS) is 29.1. The Labute approximate surface area is 119 Å². The lowest BCUT2D eigenvalue weighted by Crippen LogP contribution is -2.41. The first-order valence-corrected chi connectivity index (χ1v) is 7.33. The zero-order valence-electron chi connectivity index (χ0n) is 11.8. The van der Waals surface area contributed by atoms with Gasteiger partial charge in [-0.05, 0) is 56.8 Å². The molecule has 2 aliphatic rings. The maximum absolute atomic E-state index is 13.1. The van der Waals surface area contributed by atoms with Crippen molar-refractivity contribution in [3.63, 3.8) is 0 Å². The lowest BCUT2D eigenvalue weighted by Gasteiger charge is -2.36. The van der Waals surface area contributed by atoms with Crippen molar-refractivity contribution in [3.8, 4) is 6.07 Å². The molecule has 2 heterocycles. The summed E-state index contributed by atoms with van der Waals surface area (Å²) in [6.07, 6.45) is 5.08. The van der Waals surface area contributed by atoms with Crippen LogP contribution in [0, 0.1) is 23.1 Å². The molecular weight excluding hydrogens is 253 g/mol.